The molecule has 0 atom stereocenters. The van der Waals surface area contributed by atoms with Crippen molar-refractivity contribution in [1.29, 1.82) is 0 Å². The van der Waals surface area contributed by atoms with E-state index >= 15 is 0 Å². The number of hydrogen-bond acceptors (Lipinski definition) is 4. The zero-order valence-corrected chi connectivity index (χ0v) is 34.5. The van der Waals surface area contributed by atoms with Crippen molar-refractivity contribution in [2.45, 2.75) is 131 Å². The molecule has 4 aromatic rings. The summed E-state index contributed by atoms with van der Waals surface area (Å²) in [6, 6.07) is 16.0. The van der Waals surface area contributed by atoms with Crippen LogP contribution >= 0.6 is 13.5 Å². The van der Waals surface area contributed by atoms with Crippen LogP contribution in [0.4, 0.5) is 0 Å². The van der Waals surface area contributed by atoms with Gasteiger partial charge >= 0.3 is 0 Å². The Morgan fingerprint density at radius 1 is 0.396 bits per heavy atom. The third kappa shape index (κ3) is 13.9. The van der Waals surface area contributed by atoms with Crippen molar-refractivity contribution in [1.82, 2.24) is 0 Å². The summed E-state index contributed by atoms with van der Waals surface area (Å²) < 4.78 is 12.5. The number of ether oxygens (including phenoxy) is 2. The van der Waals surface area contributed by atoms with Gasteiger partial charge in [-0.25, -0.2) is 0 Å². The molecule has 2 N–H and O–H groups in total. The number of hydrogen-bond donors (Lipinski definition) is 2. The first-order valence-corrected chi connectivity index (χ1v) is 17.5. The van der Waals surface area contributed by atoms with Crippen LogP contribution in [-0.4, -0.2) is 10.2 Å². The van der Waals surface area contributed by atoms with Crippen LogP contribution in [0.5, 0.6) is 34.5 Å². The Hall–Kier alpha value is -3.57. The van der Waals surface area contributed by atoms with Crippen LogP contribution < -0.4 is 9.47 Å². The zero-order chi connectivity index (χ0) is 37.0. The Labute approximate surface area is 302 Å². The van der Waals surface area contributed by atoms with E-state index in [1.165, 1.54) is 6.42 Å². The lowest BCUT2D eigenvalue weighted by Crippen LogP contribution is -1.96. The Kier molecular flexibility index (Phi) is 25.9. The molecule has 0 heterocycles. The monoisotopic (exact) mass is 680 g/mol. The Bertz CT molecular complexity index is 1300. The van der Waals surface area contributed by atoms with Gasteiger partial charge in [0, 0.05) is 0 Å². The number of phenols is 2. The summed E-state index contributed by atoms with van der Waals surface area (Å²) in [5.74, 6) is 3.70. The molecule has 0 aliphatic carbocycles. The second kappa shape index (κ2) is 25.4. The molecular formula is C43H68O4S. The average molecular weight is 681 g/mol. The molecule has 270 valence electrons. The molecule has 48 heavy (non-hydrogen) atoms. The van der Waals surface area contributed by atoms with E-state index in [1.807, 2.05) is 107 Å². The van der Waals surface area contributed by atoms with Gasteiger partial charge in [0.1, 0.15) is 34.5 Å². The molecule has 5 heteroatoms. The van der Waals surface area contributed by atoms with Gasteiger partial charge < -0.3 is 19.7 Å². The van der Waals surface area contributed by atoms with Crippen molar-refractivity contribution in [2.75, 3.05) is 0 Å². The molecule has 0 radical (unpaired) electrons. The number of benzene rings is 4. The van der Waals surface area contributed by atoms with Gasteiger partial charge in [-0.1, -0.05) is 75.7 Å². The summed E-state index contributed by atoms with van der Waals surface area (Å²) in [7, 11) is 0. The van der Waals surface area contributed by atoms with Gasteiger partial charge in [-0.2, -0.15) is 13.5 Å². The van der Waals surface area contributed by atoms with Crippen LogP contribution in [0.15, 0.2) is 48.5 Å². The number of aromatic hydroxyl groups is 2. The van der Waals surface area contributed by atoms with Crippen LogP contribution in [0.25, 0.3) is 11.1 Å². The second-order valence-corrected chi connectivity index (χ2v) is 10.6. The van der Waals surface area contributed by atoms with Crippen molar-refractivity contribution in [3.63, 3.8) is 0 Å². The molecule has 0 aromatic heterocycles. The third-order valence-corrected chi connectivity index (χ3v) is 6.62. The van der Waals surface area contributed by atoms with E-state index in [0.29, 0.717) is 11.5 Å². The summed E-state index contributed by atoms with van der Waals surface area (Å²) >= 11 is 0. The molecule has 0 bridgehead atoms. The van der Waals surface area contributed by atoms with Gasteiger partial charge in [0.15, 0.2) is 0 Å². The normalized spacial score (nSPS) is 9.12. The van der Waals surface area contributed by atoms with Gasteiger partial charge in [0.05, 0.1) is 0 Å². The van der Waals surface area contributed by atoms with E-state index in [1.54, 1.807) is 0 Å². The van der Waals surface area contributed by atoms with E-state index in [-0.39, 0.29) is 13.5 Å². The van der Waals surface area contributed by atoms with Crippen molar-refractivity contribution in [3.05, 3.63) is 93.0 Å². The molecular weight excluding hydrogens is 613 g/mol. The number of aryl methyl sites for hydroxylation is 8. The summed E-state index contributed by atoms with van der Waals surface area (Å²) in [6.45, 7) is 36.0. The van der Waals surface area contributed by atoms with E-state index in [2.05, 4.69) is 65.8 Å². The smallest absolute Gasteiger partial charge is 0.133 e. The van der Waals surface area contributed by atoms with Gasteiger partial charge in [0.2, 0.25) is 0 Å². The minimum atomic E-state index is 0. The van der Waals surface area contributed by atoms with E-state index in [4.69, 9.17) is 9.47 Å². The van der Waals surface area contributed by atoms with Gasteiger partial charge in [0.25, 0.3) is 0 Å². The molecule has 4 nitrogen and oxygen atoms in total. The molecule has 0 spiro atoms. The molecule has 0 fully saturated rings. The van der Waals surface area contributed by atoms with Crippen LogP contribution in [-0.2, 0) is 0 Å². The maximum Gasteiger partial charge on any atom is 0.133 e. The first kappa shape index (κ1) is 48.8. The quantitative estimate of drug-likeness (QED) is 0.220. The molecule has 4 aromatic carbocycles. The predicted octanol–water partition coefficient (Wildman–Crippen LogP) is 14.5. The molecule has 0 amide bonds. The van der Waals surface area contributed by atoms with E-state index in [0.717, 1.165) is 78.6 Å². The van der Waals surface area contributed by atoms with E-state index < -0.39 is 0 Å². The largest absolute Gasteiger partial charge is 0.507 e. The average Bonchev–Trinajstić information content (AvgIpc) is 3.06. The highest BCUT2D eigenvalue weighted by molar-refractivity contribution is 7.59. The highest BCUT2D eigenvalue weighted by Crippen LogP contribution is 2.39. The Balaban J connectivity index is -0.00000152. The van der Waals surface area contributed by atoms with Crippen LogP contribution in [0.1, 0.15) is 120 Å². The van der Waals surface area contributed by atoms with E-state index in [9.17, 15) is 10.2 Å². The van der Waals surface area contributed by atoms with Crippen molar-refractivity contribution in [2.24, 2.45) is 0 Å². The van der Waals surface area contributed by atoms with Gasteiger partial charge in [-0.3, -0.25) is 0 Å². The SMILES string of the molecule is CC.CC.CC.CC.CCC.Cc1cc(Oc2c(C)cc(-c3cc(C)c(Oc4cc(C)c(O)c(C)c4)c(C)c3)cc2C)cc(C)c1O.S. The second-order valence-electron chi connectivity index (χ2n) is 10.6. The minimum Gasteiger partial charge on any atom is -0.507 e. The maximum atomic E-state index is 10.1. The summed E-state index contributed by atoms with van der Waals surface area (Å²) in [5.41, 5.74) is 9.57. The molecule has 0 aliphatic rings. The van der Waals surface area contributed by atoms with Crippen LogP contribution in [0.3, 0.4) is 0 Å². The van der Waals surface area contributed by atoms with Gasteiger partial charge in [-0.15, -0.1) is 0 Å². The highest BCUT2D eigenvalue weighted by atomic mass is 32.1. The molecule has 0 aliphatic heterocycles. The summed E-state index contributed by atoms with van der Waals surface area (Å²) in [5, 5.41) is 20.2. The predicted molar refractivity (Wildman–Crippen MR) is 218 cm³/mol. The minimum absolute atomic E-state index is 0. The number of rotatable bonds is 5. The molecule has 0 saturated heterocycles. The van der Waals surface area contributed by atoms with Crippen molar-refractivity contribution < 1.29 is 19.7 Å². The van der Waals surface area contributed by atoms with Crippen LogP contribution in [0, 0.1) is 55.4 Å². The molecule has 0 unspecified atom stereocenters. The van der Waals surface area contributed by atoms with Gasteiger partial charge in [-0.05, 0) is 160 Å². The summed E-state index contributed by atoms with van der Waals surface area (Å²) in [6.07, 6.45) is 1.25. The lowest BCUT2D eigenvalue weighted by Gasteiger charge is -2.18. The fourth-order valence-corrected chi connectivity index (χ4v) is 4.74. The lowest BCUT2D eigenvalue weighted by atomic mass is 9.96. The summed E-state index contributed by atoms with van der Waals surface area (Å²) in [4.78, 5) is 0. The Morgan fingerprint density at radius 2 is 0.583 bits per heavy atom. The van der Waals surface area contributed by atoms with Crippen LogP contribution in [0.2, 0.25) is 0 Å². The molecule has 4 rings (SSSR count). The third-order valence-electron chi connectivity index (χ3n) is 6.62. The van der Waals surface area contributed by atoms with Crippen molar-refractivity contribution >= 4 is 13.5 Å². The fraction of sp³-hybridized carbons (Fsp3) is 0.442. The standard InChI is InChI=1S/C32H34O4.C3H8.4C2H6.H2S/c1-17-13-27(14-18(2)29(17)33)35-31-21(5)9-25(10-22(31)6)26-11-23(7)32(24(8)12-26)36-28-15-19(3)30(34)20(4)16-28;1-3-2;4*1-2;/h9-16,33-34H,1-8H3;3H2,1-2H3;4*1-2H3;1H2. The zero-order valence-electron chi connectivity index (χ0n) is 33.5. The van der Waals surface area contributed by atoms with Crippen molar-refractivity contribution in [3.8, 4) is 45.6 Å². The fourth-order valence-electron chi connectivity index (χ4n) is 4.74. The first-order valence-electron chi connectivity index (χ1n) is 17.5. The number of phenolic OH excluding ortho intramolecular Hbond substituents is 2. The Morgan fingerprint density at radius 3 is 0.771 bits per heavy atom. The topological polar surface area (TPSA) is 58.9 Å². The highest BCUT2D eigenvalue weighted by Gasteiger charge is 2.15. The first-order chi connectivity index (χ1) is 22.4. The maximum absolute atomic E-state index is 10.1. The molecule has 0 saturated carbocycles. The lowest BCUT2D eigenvalue weighted by molar-refractivity contribution is 0.454.